The lowest BCUT2D eigenvalue weighted by Gasteiger charge is -2.24. The molecule has 2 rings (SSSR count). The third kappa shape index (κ3) is 2.66. The number of aryl methyl sites for hydroxylation is 1. The molecule has 0 bridgehead atoms. The second kappa shape index (κ2) is 4.97. The maximum atomic E-state index is 12.5. The van der Waals surface area contributed by atoms with E-state index in [4.69, 9.17) is 5.73 Å². The summed E-state index contributed by atoms with van der Waals surface area (Å²) in [7, 11) is 1.88. The molecule has 2 N–H and O–H groups in total. The van der Waals surface area contributed by atoms with E-state index in [0.29, 0.717) is 6.54 Å². The molecule has 0 aromatic heterocycles. The summed E-state index contributed by atoms with van der Waals surface area (Å²) in [5, 5.41) is 0. The summed E-state index contributed by atoms with van der Waals surface area (Å²) in [4.78, 5) is 14.4. The molecule has 3 heteroatoms. The van der Waals surface area contributed by atoms with Crippen LogP contribution < -0.4 is 5.73 Å². The van der Waals surface area contributed by atoms with Crippen LogP contribution in [0.15, 0.2) is 12.1 Å². The fourth-order valence-corrected chi connectivity index (χ4v) is 2.57. The topological polar surface area (TPSA) is 46.3 Å². The zero-order chi connectivity index (χ0) is 14.2. The van der Waals surface area contributed by atoms with Crippen molar-refractivity contribution in [1.29, 1.82) is 0 Å². The Balaban J connectivity index is 2.18. The van der Waals surface area contributed by atoms with Crippen LogP contribution in [0.1, 0.15) is 39.9 Å². The molecule has 0 unspecified atom stereocenters. The molecule has 3 nitrogen and oxygen atoms in total. The van der Waals surface area contributed by atoms with Gasteiger partial charge in [0.05, 0.1) is 0 Å². The quantitative estimate of drug-likeness (QED) is 0.903. The number of carbonyl (C=O) groups is 1. The first kappa shape index (κ1) is 14.1. The van der Waals surface area contributed by atoms with Crippen LogP contribution in [0.2, 0.25) is 0 Å². The van der Waals surface area contributed by atoms with Crippen LogP contribution in [0.25, 0.3) is 0 Å². The highest BCUT2D eigenvalue weighted by Gasteiger charge is 2.42. The Hall–Kier alpha value is -1.35. The van der Waals surface area contributed by atoms with Crippen molar-refractivity contribution in [2.75, 3.05) is 20.1 Å². The number of nitrogens with two attached hydrogens (primary N) is 1. The first-order chi connectivity index (χ1) is 8.90. The van der Waals surface area contributed by atoms with E-state index in [2.05, 4.69) is 13.8 Å². The summed E-state index contributed by atoms with van der Waals surface area (Å²) >= 11 is 0. The molecule has 104 valence electrons. The van der Waals surface area contributed by atoms with E-state index in [0.717, 1.165) is 30.5 Å². The minimum atomic E-state index is 0.111. The third-order valence-corrected chi connectivity index (χ3v) is 4.60. The van der Waals surface area contributed by atoms with Crippen molar-refractivity contribution in [2.45, 2.75) is 33.6 Å². The van der Waals surface area contributed by atoms with Crippen molar-refractivity contribution in [3.63, 3.8) is 0 Å². The Labute approximate surface area is 115 Å². The van der Waals surface area contributed by atoms with Crippen molar-refractivity contribution in [2.24, 2.45) is 11.1 Å². The lowest BCUT2D eigenvalue weighted by molar-refractivity contribution is 0.0765. The second-order valence-electron chi connectivity index (χ2n) is 6.05. The molecule has 0 saturated heterocycles. The van der Waals surface area contributed by atoms with Crippen molar-refractivity contribution >= 4 is 5.91 Å². The van der Waals surface area contributed by atoms with Crippen LogP contribution >= 0.6 is 0 Å². The molecular formula is C16H24N2O. The smallest absolute Gasteiger partial charge is 0.253 e. The standard InChI is InChI=1S/C16H24N2O/c1-11-5-6-14(13(3)12(11)2)15(19)18(4)10-16(9-17)7-8-16/h5-6H,7-10,17H2,1-4H3. The number of hydrogen-bond donors (Lipinski definition) is 1. The molecule has 19 heavy (non-hydrogen) atoms. The first-order valence-corrected chi connectivity index (χ1v) is 6.92. The number of carbonyl (C=O) groups excluding carboxylic acids is 1. The van der Waals surface area contributed by atoms with Gasteiger partial charge in [0.2, 0.25) is 0 Å². The van der Waals surface area contributed by atoms with Gasteiger partial charge in [-0.1, -0.05) is 6.07 Å². The van der Waals surface area contributed by atoms with Gasteiger partial charge in [0, 0.05) is 24.6 Å². The molecule has 0 radical (unpaired) electrons. The molecule has 1 amide bonds. The van der Waals surface area contributed by atoms with Crippen molar-refractivity contribution in [3.8, 4) is 0 Å². The Kier molecular flexibility index (Phi) is 3.68. The molecule has 0 aliphatic heterocycles. The average molecular weight is 260 g/mol. The minimum absolute atomic E-state index is 0.111. The summed E-state index contributed by atoms with van der Waals surface area (Å²) in [6.45, 7) is 7.63. The van der Waals surface area contributed by atoms with E-state index < -0.39 is 0 Å². The average Bonchev–Trinajstić information content (AvgIpc) is 3.16. The van der Waals surface area contributed by atoms with Crippen molar-refractivity contribution < 1.29 is 4.79 Å². The Bertz CT molecular complexity index is 504. The van der Waals surface area contributed by atoms with Gasteiger partial charge >= 0.3 is 0 Å². The Morgan fingerprint density at radius 2 is 1.89 bits per heavy atom. The highest BCUT2D eigenvalue weighted by Crippen LogP contribution is 2.45. The predicted octanol–water partition coefficient (Wildman–Crippen LogP) is 2.42. The van der Waals surface area contributed by atoms with Gasteiger partial charge < -0.3 is 10.6 Å². The van der Waals surface area contributed by atoms with Gasteiger partial charge in [-0.2, -0.15) is 0 Å². The van der Waals surface area contributed by atoms with Crippen LogP contribution in [0.4, 0.5) is 0 Å². The van der Waals surface area contributed by atoms with Gasteiger partial charge in [0.15, 0.2) is 0 Å². The van der Waals surface area contributed by atoms with Gasteiger partial charge in [0.25, 0.3) is 5.91 Å². The zero-order valence-corrected chi connectivity index (χ0v) is 12.4. The fourth-order valence-electron chi connectivity index (χ4n) is 2.57. The Morgan fingerprint density at radius 1 is 1.26 bits per heavy atom. The van der Waals surface area contributed by atoms with Gasteiger partial charge in [-0.05, 0) is 62.9 Å². The number of nitrogens with zero attached hydrogens (tertiary/aromatic N) is 1. The molecule has 1 saturated carbocycles. The van der Waals surface area contributed by atoms with E-state index in [1.54, 1.807) is 0 Å². The lowest BCUT2D eigenvalue weighted by Crippen LogP contribution is -2.36. The van der Waals surface area contributed by atoms with Crippen molar-refractivity contribution in [1.82, 2.24) is 4.90 Å². The molecule has 0 heterocycles. The molecule has 1 aliphatic carbocycles. The summed E-state index contributed by atoms with van der Waals surface area (Å²) in [6.07, 6.45) is 2.29. The number of rotatable bonds is 4. The van der Waals surface area contributed by atoms with Crippen LogP contribution in [-0.4, -0.2) is 30.9 Å². The van der Waals surface area contributed by atoms with Crippen LogP contribution in [0.5, 0.6) is 0 Å². The third-order valence-electron chi connectivity index (χ3n) is 4.60. The summed E-state index contributed by atoms with van der Waals surface area (Å²) < 4.78 is 0. The van der Waals surface area contributed by atoms with E-state index in [1.165, 1.54) is 11.1 Å². The molecule has 1 aromatic rings. The van der Waals surface area contributed by atoms with Crippen LogP contribution in [0, 0.1) is 26.2 Å². The second-order valence-corrected chi connectivity index (χ2v) is 6.05. The molecular weight excluding hydrogens is 236 g/mol. The molecule has 0 atom stereocenters. The first-order valence-electron chi connectivity index (χ1n) is 6.92. The van der Waals surface area contributed by atoms with Crippen molar-refractivity contribution in [3.05, 3.63) is 34.4 Å². The van der Waals surface area contributed by atoms with E-state index in [1.807, 2.05) is 31.0 Å². The molecule has 1 aliphatic rings. The normalized spacial score (nSPS) is 16.3. The predicted molar refractivity (Wildman–Crippen MR) is 78.3 cm³/mol. The van der Waals surface area contributed by atoms with Gasteiger partial charge in [-0.15, -0.1) is 0 Å². The lowest BCUT2D eigenvalue weighted by atomic mass is 9.97. The fraction of sp³-hybridized carbons (Fsp3) is 0.562. The highest BCUT2D eigenvalue weighted by atomic mass is 16.2. The largest absolute Gasteiger partial charge is 0.341 e. The molecule has 1 fully saturated rings. The van der Waals surface area contributed by atoms with E-state index in [-0.39, 0.29) is 11.3 Å². The molecule has 1 aromatic carbocycles. The number of amides is 1. The Morgan fingerprint density at radius 3 is 2.42 bits per heavy atom. The highest BCUT2D eigenvalue weighted by molar-refractivity contribution is 5.96. The van der Waals surface area contributed by atoms with E-state index >= 15 is 0 Å². The summed E-state index contributed by atoms with van der Waals surface area (Å²) in [5.41, 5.74) is 10.3. The minimum Gasteiger partial charge on any atom is -0.341 e. The summed E-state index contributed by atoms with van der Waals surface area (Å²) in [6, 6.07) is 3.97. The maximum Gasteiger partial charge on any atom is 0.253 e. The summed E-state index contributed by atoms with van der Waals surface area (Å²) in [5.74, 6) is 0.111. The number of hydrogen-bond acceptors (Lipinski definition) is 2. The van der Waals surface area contributed by atoms with Gasteiger partial charge in [-0.3, -0.25) is 4.79 Å². The van der Waals surface area contributed by atoms with E-state index in [9.17, 15) is 4.79 Å². The monoisotopic (exact) mass is 260 g/mol. The van der Waals surface area contributed by atoms with Crippen LogP contribution in [0.3, 0.4) is 0 Å². The number of benzene rings is 1. The maximum absolute atomic E-state index is 12.5. The molecule has 0 spiro atoms. The van der Waals surface area contributed by atoms with Gasteiger partial charge in [-0.25, -0.2) is 0 Å². The zero-order valence-electron chi connectivity index (χ0n) is 12.4. The van der Waals surface area contributed by atoms with Crippen LogP contribution in [-0.2, 0) is 0 Å². The van der Waals surface area contributed by atoms with Gasteiger partial charge in [0.1, 0.15) is 0 Å². The SMILES string of the molecule is Cc1ccc(C(=O)N(C)CC2(CN)CC2)c(C)c1C.